The Labute approximate surface area is 174 Å². The van der Waals surface area contributed by atoms with Crippen molar-refractivity contribution in [3.8, 4) is 11.5 Å². The second-order valence-corrected chi connectivity index (χ2v) is 7.43. The predicted octanol–water partition coefficient (Wildman–Crippen LogP) is 3.90. The third-order valence-electron chi connectivity index (χ3n) is 5.38. The zero-order valence-electron chi connectivity index (χ0n) is 17.1. The van der Waals surface area contributed by atoms with Gasteiger partial charge in [-0.25, -0.2) is 0 Å². The summed E-state index contributed by atoms with van der Waals surface area (Å²) >= 11 is 0. The maximum atomic E-state index is 13.0. The van der Waals surface area contributed by atoms with Crippen LogP contribution in [0.15, 0.2) is 47.5 Å². The van der Waals surface area contributed by atoms with Crippen LogP contribution in [0.3, 0.4) is 0 Å². The van der Waals surface area contributed by atoms with Gasteiger partial charge in [0.2, 0.25) is 0 Å². The fourth-order valence-corrected chi connectivity index (χ4v) is 3.38. The first-order valence-electron chi connectivity index (χ1n) is 9.70. The number of nitrogens with two attached hydrogens (primary N) is 1. The van der Waals surface area contributed by atoms with Crippen molar-refractivity contribution < 1.29 is 22.6 Å². The maximum Gasteiger partial charge on any atom is 0.416 e. The summed E-state index contributed by atoms with van der Waals surface area (Å²) in [6.45, 7) is 0.935. The third-order valence-corrected chi connectivity index (χ3v) is 5.38. The van der Waals surface area contributed by atoms with Crippen LogP contribution in [-0.4, -0.2) is 33.3 Å². The van der Waals surface area contributed by atoms with E-state index >= 15 is 0 Å². The number of benzene rings is 2. The Kier molecular flexibility index (Phi) is 6.43. The normalized spacial score (nSPS) is 15.6. The molecule has 0 aromatic heterocycles. The number of rotatable bonds is 8. The Morgan fingerprint density at radius 2 is 1.83 bits per heavy atom. The van der Waals surface area contributed by atoms with Crippen molar-refractivity contribution in [1.29, 1.82) is 0 Å². The molecule has 0 atom stereocenters. The van der Waals surface area contributed by atoms with Gasteiger partial charge in [-0.2, -0.15) is 13.2 Å². The molecule has 0 heterocycles. The summed E-state index contributed by atoms with van der Waals surface area (Å²) in [7, 11) is 3.17. The average molecular weight is 421 g/mol. The van der Waals surface area contributed by atoms with Crippen LogP contribution in [0.4, 0.5) is 13.2 Å². The van der Waals surface area contributed by atoms with E-state index in [2.05, 4.69) is 10.3 Å². The molecule has 0 spiro atoms. The number of halogens is 3. The van der Waals surface area contributed by atoms with Crippen LogP contribution in [0.2, 0.25) is 0 Å². The molecule has 0 amide bonds. The van der Waals surface area contributed by atoms with Gasteiger partial charge < -0.3 is 20.5 Å². The Morgan fingerprint density at radius 3 is 2.47 bits per heavy atom. The predicted molar refractivity (Wildman–Crippen MR) is 110 cm³/mol. The molecule has 30 heavy (non-hydrogen) atoms. The summed E-state index contributed by atoms with van der Waals surface area (Å²) in [4.78, 5) is 4.38. The van der Waals surface area contributed by atoms with Gasteiger partial charge in [0.05, 0.1) is 26.3 Å². The van der Waals surface area contributed by atoms with E-state index in [1.54, 1.807) is 20.3 Å². The molecule has 5 nitrogen and oxygen atoms in total. The van der Waals surface area contributed by atoms with Crippen molar-refractivity contribution in [2.24, 2.45) is 10.7 Å². The lowest BCUT2D eigenvalue weighted by molar-refractivity contribution is -0.137. The van der Waals surface area contributed by atoms with Gasteiger partial charge in [0.1, 0.15) is 0 Å². The van der Waals surface area contributed by atoms with Crippen LogP contribution in [-0.2, 0) is 18.0 Å². The highest BCUT2D eigenvalue weighted by Gasteiger charge is 2.45. The smallest absolute Gasteiger partial charge is 0.416 e. The zero-order chi connectivity index (χ0) is 21.8. The zero-order valence-corrected chi connectivity index (χ0v) is 17.1. The van der Waals surface area contributed by atoms with Crippen LogP contribution in [0.5, 0.6) is 11.5 Å². The van der Waals surface area contributed by atoms with Crippen molar-refractivity contribution in [3.63, 3.8) is 0 Å². The molecular formula is C22H26F3N3O2. The van der Waals surface area contributed by atoms with E-state index < -0.39 is 11.7 Å². The molecule has 8 heteroatoms. The highest BCUT2D eigenvalue weighted by Crippen LogP contribution is 2.49. The van der Waals surface area contributed by atoms with Crippen LogP contribution in [0.1, 0.15) is 29.5 Å². The Balaban J connectivity index is 1.56. The molecule has 0 bridgehead atoms. The minimum Gasteiger partial charge on any atom is -0.493 e. The lowest BCUT2D eigenvalue weighted by atomic mass is 9.94. The van der Waals surface area contributed by atoms with E-state index in [0.717, 1.165) is 24.5 Å². The van der Waals surface area contributed by atoms with Gasteiger partial charge in [-0.15, -0.1) is 0 Å². The second-order valence-electron chi connectivity index (χ2n) is 7.43. The Hall–Kier alpha value is -2.90. The van der Waals surface area contributed by atoms with Crippen molar-refractivity contribution in [2.45, 2.75) is 30.9 Å². The van der Waals surface area contributed by atoms with Gasteiger partial charge in [-0.3, -0.25) is 4.99 Å². The number of nitrogens with one attached hydrogen (secondary N) is 1. The van der Waals surface area contributed by atoms with Gasteiger partial charge in [-0.1, -0.05) is 24.3 Å². The molecular weight excluding hydrogens is 395 g/mol. The fourth-order valence-electron chi connectivity index (χ4n) is 3.38. The highest BCUT2D eigenvalue weighted by molar-refractivity contribution is 5.78. The van der Waals surface area contributed by atoms with Crippen LogP contribution in [0, 0.1) is 0 Å². The van der Waals surface area contributed by atoms with E-state index in [-0.39, 0.29) is 11.4 Å². The summed E-state index contributed by atoms with van der Waals surface area (Å²) in [6, 6.07) is 11.2. The van der Waals surface area contributed by atoms with Gasteiger partial charge >= 0.3 is 6.18 Å². The van der Waals surface area contributed by atoms with Gasteiger partial charge in [0.25, 0.3) is 0 Å². The summed E-state index contributed by atoms with van der Waals surface area (Å²) < 4.78 is 49.5. The molecule has 0 saturated heterocycles. The Bertz CT molecular complexity index is 909. The fraction of sp³-hybridized carbons (Fsp3) is 0.409. The number of aliphatic imine (C=N–C) groups is 1. The lowest BCUT2D eigenvalue weighted by Crippen LogP contribution is -2.34. The first-order chi connectivity index (χ1) is 14.3. The number of nitrogens with zero attached hydrogens (tertiary/aromatic N) is 1. The topological polar surface area (TPSA) is 68.9 Å². The van der Waals surface area contributed by atoms with Crippen LogP contribution in [0.25, 0.3) is 0 Å². The molecule has 3 N–H and O–H groups in total. The molecule has 162 valence electrons. The molecule has 0 unspecified atom stereocenters. The lowest BCUT2D eigenvalue weighted by Gasteiger charge is -2.16. The molecule has 2 aromatic carbocycles. The van der Waals surface area contributed by atoms with E-state index in [9.17, 15) is 13.2 Å². The number of methoxy groups -OCH3 is 2. The van der Waals surface area contributed by atoms with Crippen LogP contribution < -0.4 is 20.5 Å². The minimum atomic E-state index is -4.35. The largest absolute Gasteiger partial charge is 0.493 e. The first-order valence-corrected chi connectivity index (χ1v) is 9.70. The number of ether oxygens (including phenoxy) is 2. The molecule has 0 radical (unpaired) electrons. The van der Waals surface area contributed by atoms with Gasteiger partial charge in [0, 0.05) is 12.0 Å². The van der Waals surface area contributed by atoms with E-state index in [0.29, 0.717) is 36.6 Å². The molecule has 1 saturated carbocycles. The van der Waals surface area contributed by atoms with E-state index in [1.165, 1.54) is 12.1 Å². The summed E-state index contributed by atoms with van der Waals surface area (Å²) in [5, 5.41) is 3.06. The molecule has 1 fully saturated rings. The molecule has 0 aliphatic heterocycles. The number of guanidine groups is 1. The number of hydrogen-bond donors (Lipinski definition) is 2. The van der Waals surface area contributed by atoms with Crippen molar-refractivity contribution in [1.82, 2.24) is 5.32 Å². The first kappa shape index (κ1) is 21.8. The standard InChI is InChI=1S/C22H26F3N3O2/c1-29-18-7-6-15(12-19(18)30-2)8-11-27-20(26)28-14-21(9-10-21)16-4-3-5-17(13-16)22(23,24)25/h3-7,12-13H,8-11,14H2,1-2H3,(H3,26,27,28). The quantitative estimate of drug-likeness (QED) is 0.501. The van der Waals surface area contributed by atoms with Crippen molar-refractivity contribution in [2.75, 3.05) is 27.3 Å². The Morgan fingerprint density at radius 1 is 1.10 bits per heavy atom. The SMILES string of the molecule is COc1ccc(CCNC(N)=NCC2(c3cccc(C(F)(F)F)c3)CC2)cc1OC. The molecule has 2 aromatic rings. The van der Waals surface area contributed by atoms with Gasteiger partial charge in [-0.05, 0) is 48.6 Å². The van der Waals surface area contributed by atoms with E-state index in [4.69, 9.17) is 15.2 Å². The maximum absolute atomic E-state index is 13.0. The minimum absolute atomic E-state index is 0.286. The summed E-state index contributed by atoms with van der Waals surface area (Å²) in [6.07, 6.45) is -2.04. The van der Waals surface area contributed by atoms with Crippen molar-refractivity contribution in [3.05, 3.63) is 59.2 Å². The summed E-state index contributed by atoms with van der Waals surface area (Å²) in [5.41, 5.74) is 6.70. The number of hydrogen-bond acceptors (Lipinski definition) is 3. The highest BCUT2D eigenvalue weighted by atomic mass is 19.4. The summed E-state index contributed by atoms with van der Waals surface area (Å²) in [5.74, 6) is 1.61. The second kappa shape index (κ2) is 8.85. The van der Waals surface area contributed by atoms with E-state index in [1.807, 2.05) is 18.2 Å². The molecule has 1 aliphatic rings. The molecule has 1 aliphatic carbocycles. The van der Waals surface area contributed by atoms with Crippen LogP contribution >= 0.6 is 0 Å². The van der Waals surface area contributed by atoms with Crippen molar-refractivity contribution >= 4 is 5.96 Å². The third kappa shape index (κ3) is 5.17. The van der Waals surface area contributed by atoms with Gasteiger partial charge in [0.15, 0.2) is 17.5 Å². The number of alkyl halides is 3. The average Bonchev–Trinajstić information content (AvgIpc) is 3.53. The monoisotopic (exact) mass is 421 g/mol. The molecule has 3 rings (SSSR count).